The van der Waals surface area contributed by atoms with Gasteiger partial charge in [0.2, 0.25) is 0 Å². The summed E-state index contributed by atoms with van der Waals surface area (Å²) in [6.07, 6.45) is -21.5. The largest absolute Gasteiger partial charge is 0.397 e. The average molecular weight is 661 g/mol. The summed E-state index contributed by atoms with van der Waals surface area (Å²) in [7, 11) is -10.3. The molecule has 0 aliphatic carbocycles. The molecule has 0 radical (unpaired) electrons. The predicted molar refractivity (Wildman–Crippen MR) is 128 cm³/mol. The smallest absolute Gasteiger partial charge is 0.394 e. The molecule has 42 heavy (non-hydrogen) atoms. The SMILES string of the molecule is CC1O[C@@H](OC[C@@H]2C(C)O[C@@H](OC[C@H]3C(O)[C@H](O)OC(CO)[C@@H]3O)C(O)[C@H]2OS(=O)(=O)O)C(O)[C@@H](OS(=O)(=O)O)[C@@H]1O. The fourth-order valence-electron chi connectivity index (χ4n) is 4.88. The van der Waals surface area contributed by atoms with E-state index in [4.69, 9.17) is 28.2 Å². The average Bonchev–Trinajstić information content (AvgIpc) is 2.87. The fourth-order valence-corrected chi connectivity index (χ4v) is 5.93. The Morgan fingerprint density at radius 3 is 1.62 bits per heavy atom. The third-order valence-corrected chi connectivity index (χ3v) is 8.12. The van der Waals surface area contributed by atoms with Gasteiger partial charge in [-0.25, -0.2) is 8.37 Å². The lowest BCUT2D eigenvalue weighted by Crippen LogP contribution is -2.61. The second-order valence-corrected chi connectivity index (χ2v) is 12.2. The van der Waals surface area contributed by atoms with Gasteiger partial charge in [-0.3, -0.25) is 9.11 Å². The lowest BCUT2D eigenvalue weighted by molar-refractivity contribution is -0.320. The number of rotatable bonds is 11. The van der Waals surface area contributed by atoms with E-state index in [-0.39, 0.29) is 0 Å². The van der Waals surface area contributed by atoms with E-state index in [2.05, 4.69) is 8.37 Å². The van der Waals surface area contributed by atoms with E-state index in [9.17, 15) is 57.1 Å². The second kappa shape index (κ2) is 14.1. The van der Waals surface area contributed by atoms with Crippen LogP contribution in [-0.2, 0) is 52.8 Å². The molecule has 20 nitrogen and oxygen atoms in total. The lowest BCUT2D eigenvalue weighted by Gasteiger charge is -2.45. The quantitative estimate of drug-likeness (QED) is 0.0934. The van der Waals surface area contributed by atoms with Gasteiger partial charge in [0.25, 0.3) is 0 Å². The molecule has 22 heteroatoms. The molecule has 3 heterocycles. The van der Waals surface area contributed by atoms with Gasteiger partial charge in [0, 0.05) is 11.8 Å². The maximum Gasteiger partial charge on any atom is 0.397 e. The van der Waals surface area contributed by atoms with Gasteiger partial charge in [0.05, 0.1) is 38.1 Å². The number of ether oxygens (including phenoxy) is 5. The summed E-state index contributed by atoms with van der Waals surface area (Å²) in [6, 6.07) is 0. The Morgan fingerprint density at radius 1 is 0.619 bits per heavy atom. The van der Waals surface area contributed by atoms with E-state index in [1.807, 2.05) is 0 Å². The Labute approximate surface area is 240 Å². The first-order valence-corrected chi connectivity index (χ1v) is 15.3. The fraction of sp³-hybridized carbons (Fsp3) is 1.00. The predicted octanol–water partition coefficient (Wildman–Crippen LogP) is -5.37. The maximum absolute atomic E-state index is 11.6. The van der Waals surface area contributed by atoms with Crippen LogP contribution in [0.1, 0.15) is 13.8 Å². The number of hydrogen-bond donors (Lipinski definition) is 9. The van der Waals surface area contributed by atoms with Gasteiger partial charge >= 0.3 is 20.8 Å². The number of aliphatic hydroxyl groups excluding tert-OH is 7. The molecular weight excluding hydrogens is 624 g/mol. The zero-order valence-corrected chi connectivity index (χ0v) is 23.7. The summed E-state index contributed by atoms with van der Waals surface area (Å²) in [5.74, 6) is -2.53. The van der Waals surface area contributed by atoms with Crippen molar-refractivity contribution in [3.05, 3.63) is 0 Å². The third-order valence-electron chi connectivity index (χ3n) is 7.19. The first kappa shape index (κ1) is 35.7. The molecule has 0 amide bonds. The first-order valence-electron chi connectivity index (χ1n) is 12.5. The Morgan fingerprint density at radius 2 is 1.10 bits per heavy atom. The van der Waals surface area contributed by atoms with Crippen molar-refractivity contribution in [2.75, 3.05) is 19.8 Å². The molecule has 0 bridgehead atoms. The zero-order chi connectivity index (χ0) is 31.7. The minimum Gasteiger partial charge on any atom is -0.394 e. The van der Waals surface area contributed by atoms with Gasteiger partial charge in [-0.05, 0) is 13.8 Å². The van der Waals surface area contributed by atoms with Crippen molar-refractivity contribution in [2.45, 2.75) is 93.8 Å². The zero-order valence-electron chi connectivity index (χ0n) is 22.1. The van der Waals surface area contributed by atoms with Crippen LogP contribution in [0.15, 0.2) is 0 Å². The highest BCUT2D eigenvalue weighted by Crippen LogP contribution is 2.34. The first-order chi connectivity index (χ1) is 19.3. The van der Waals surface area contributed by atoms with Crippen molar-refractivity contribution >= 4 is 20.8 Å². The molecule has 15 atom stereocenters. The van der Waals surface area contributed by atoms with Crippen LogP contribution in [0.5, 0.6) is 0 Å². The van der Waals surface area contributed by atoms with Crippen LogP contribution in [-0.4, -0.2) is 161 Å². The minimum absolute atomic E-state index is 0.606. The van der Waals surface area contributed by atoms with E-state index < -0.39 is 132 Å². The highest BCUT2D eigenvalue weighted by atomic mass is 32.3. The van der Waals surface area contributed by atoms with Crippen molar-refractivity contribution in [1.82, 2.24) is 0 Å². The van der Waals surface area contributed by atoms with Crippen LogP contribution in [0.2, 0.25) is 0 Å². The molecule has 0 spiro atoms. The molecule has 0 aromatic carbocycles. The van der Waals surface area contributed by atoms with E-state index >= 15 is 0 Å². The van der Waals surface area contributed by atoms with Gasteiger partial charge in [0.1, 0.15) is 42.7 Å². The Balaban J connectivity index is 1.73. The number of aliphatic hydroxyl groups is 7. The van der Waals surface area contributed by atoms with Crippen LogP contribution >= 0.6 is 0 Å². The van der Waals surface area contributed by atoms with E-state index in [1.165, 1.54) is 13.8 Å². The van der Waals surface area contributed by atoms with Crippen LogP contribution in [0, 0.1) is 11.8 Å². The summed E-state index contributed by atoms with van der Waals surface area (Å²) in [5, 5.41) is 71.1. The van der Waals surface area contributed by atoms with E-state index in [0.717, 1.165) is 0 Å². The summed E-state index contributed by atoms with van der Waals surface area (Å²) in [4.78, 5) is 0. The Hall–Kier alpha value is -0.740. The van der Waals surface area contributed by atoms with Crippen LogP contribution in [0.3, 0.4) is 0 Å². The molecule has 0 aromatic rings. The minimum atomic E-state index is -5.22. The van der Waals surface area contributed by atoms with Crippen LogP contribution in [0.25, 0.3) is 0 Å². The van der Waals surface area contributed by atoms with Crippen molar-refractivity contribution in [1.29, 1.82) is 0 Å². The standard InChI is InChI=1S/C20H36O20S2/c1-6-8(4-34-20-15(26)17(40-42(31,32)33)11(22)7(2)37-20)16(39-41(28,29)30)14(25)19(36-6)35-5-9-12(23)10(3-21)38-18(27)13(9)24/h6-27H,3-5H2,1-2H3,(H,28,29,30)(H,31,32,33)/t6?,7?,8-,9-,10?,11-,12-,13?,14?,15?,16+,17+,18-,19-,20-/m1/s1. The van der Waals surface area contributed by atoms with Crippen molar-refractivity contribution < 1.29 is 93.7 Å². The summed E-state index contributed by atoms with van der Waals surface area (Å²) >= 11 is 0. The third kappa shape index (κ3) is 8.70. The number of hydrogen-bond acceptors (Lipinski definition) is 18. The lowest BCUT2D eigenvalue weighted by atomic mass is 9.89. The molecule has 3 saturated heterocycles. The highest BCUT2D eigenvalue weighted by Gasteiger charge is 2.51. The second-order valence-electron chi connectivity index (χ2n) is 10.1. The molecule has 6 unspecified atom stereocenters. The summed E-state index contributed by atoms with van der Waals surface area (Å²) < 4.78 is 99.4. The van der Waals surface area contributed by atoms with Crippen molar-refractivity contribution in [3.8, 4) is 0 Å². The van der Waals surface area contributed by atoms with Gasteiger partial charge in [0.15, 0.2) is 18.9 Å². The van der Waals surface area contributed by atoms with Crippen LogP contribution in [0.4, 0.5) is 0 Å². The van der Waals surface area contributed by atoms with Gasteiger partial charge < -0.3 is 59.4 Å². The maximum atomic E-state index is 11.6. The molecule has 3 rings (SSSR count). The van der Waals surface area contributed by atoms with Gasteiger partial charge in [-0.2, -0.15) is 16.8 Å². The molecule has 3 aliphatic heterocycles. The molecular formula is C20H36O20S2. The molecule has 0 saturated carbocycles. The van der Waals surface area contributed by atoms with E-state index in [1.54, 1.807) is 0 Å². The van der Waals surface area contributed by atoms with Gasteiger partial charge in [-0.1, -0.05) is 0 Å². The van der Waals surface area contributed by atoms with Crippen molar-refractivity contribution in [2.24, 2.45) is 11.8 Å². The molecule has 3 aliphatic rings. The Bertz CT molecular complexity index is 1090. The van der Waals surface area contributed by atoms with Gasteiger partial charge in [-0.15, -0.1) is 0 Å². The van der Waals surface area contributed by atoms with Crippen molar-refractivity contribution in [3.63, 3.8) is 0 Å². The topological polar surface area (TPSA) is 315 Å². The summed E-state index contributed by atoms with van der Waals surface area (Å²) in [5.41, 5.74) is 0. The monoisotopic (exact) mass is 660 g/mol. The summed E-state index contributed by atoms with van der Waals surface area (Å²) in [6.45, 7) is 0.659. The normalized spacial score (nSPS) is 45.5. The molecule has 9 N–H and O–H groups in total. The highest BCUT2D eigenvalue weighted by molar-refractivity contribution is 7.81. The van der Waals surface area contributed by atoms with Crippen LogP contribution < -0.4 is 0 Å². The molecule has 0 aromatic heterocycles. The van der Waals surface area contributed by atoms with E-state index in [0.29, 0.717) is 0 Å². The molecule has 248 valence electrons. The molecule has 3 fully saturated rings. The Kier molecular flexibility index (Phi) is 12.0.